The molecule has 2 aliphatic heterocycles. The highest BCUT2D eigenvalue weighted by Gasteiger charge is 2.22. The number of aromatic nitrogens is 3. The molecular formula is C31H45N7O3. The fourth-order valence-corrected chi connectivity index (χ4v) is 4.95. The van der Waals surface area contributed by atoms with Crippen molar-refractivity contribution in [2.75, 3.05) is 56.2 Å². The number of amides is 2. The highest BCUT2D eigenvalue weighted by Crippen LogP contribution is 2.30. The van der Waals surface area contributed by atoms with E-state index in [1.54, 1.807) is 0 Å². The Hall–Kier alpha value is -3.66. The summed E-state index contributed by atoms with van der Waals surface area (Å²) in [4.78, 5) is 29.8. The minimum absolute atomic E-state index is 0.530. The van der Waals surface area contributed by atoms with Crippen LogP contribution >= 0.6 is 0 Å². The molecule has 1 aromatic carbocycles. The van der Waals surface area contributed by atoms with E-state index in [2.05, 4.69) is 53.6 Å². The summed E-state index contributed by atoms with van der Waals surface area (Å²) in [6.07, 6.45) is 8.13. The molecule has 0 atom stereocenters. The number of fused-ring (bicyclic) bond motifs is 1. The number of nitrogens with zero attached hydrogens (tertiary/aromatic N) is 5. The van der Waals surface area contributed by atoms with Crippen LogP contribution in [0.1, 0.15) is 50.7 Å². The predicted molar refractivity (Wildman–Crippen MR) is 163 cm³/mol. The van der Waals surface area contributed by atoms with E-state index in [0.29, 0.717) is 25.0 Å². The summed E-state index contributed by atoms with van der Waals surface area (Å²) in [5.41, 5.74) is 5.53. The van der Waals surface area contributed by atoms with Gasteiger partial charge in [-0.3, -0.25) is 9.59 Å². The number of rotatable bonds is 8. The molecule has 10 heteroatoms. The van der Waals surface area contributed by atoms with Crippen molar-refractivity contribution in [3.8, 4) is 11.1 Å². The molecule has 4 heterocycles. The van der Waals surface area contributed by atoms with E-state index in [1.807, 2.05) is 29.5 Å². The van der Waals surface area contributed by atoms with E-state index in [-0.39, 0.29) is 0 Å². The van der Waals surface area contributed by atoms with Crippen LogP contribution in [0, 0.1) is 19.8 Å². The van der Waals surface area contributed by atoms with Gasteiger partial charge in [0.2, 0.25) is 12.8 Å². The monoisotopic (exact) mass is 563 g/mol. The van der Waals surface area contributed by atoms with E-state index in [1.165, 1.54) is 24.0 Å². The maximum absolute atomic E-state index is 11.1. The first-order valence-electron chi connectivity index (χ1n) is 15.0. The highest BCUT2D eigenvalue weighted by molar-refractivity contribution is 5.80. The van der Waals surface area contributed by atoms with Gasteiger partial charge in [-0.25, -0.2) is 4.98 Å². The van der Waals surface area contributed by atoms with Crippen LogP contribution in [0.2, 0.25) is 0 Å². The van der Waals surface area contributed by atoms with Crippen LogP contribution in [0.4, 0.5) is 11.6 Å². The smallest absolute Gasteiger partial charge is 0.209 e. The first kappa shape index (κ1) is 30.3. The normalized spacial score (nSPS) is 17.2. The molecule has 3 aromatic rings. The lowest BCUT2D eigenvalue weighted by molar-refractivity contribution is -0.118. The summed E-state index contributed by atoms with van der Waals surface area (Å²) >= 11 is 0. The van der Waals surface area contributed by atoms with E-state index in [0.717, 1.165) is 86.9 Å². The second-order valence-corrected chi connectivity index (χ2v) is 10.7. The number of nitrogens with one attached hydrogen (secondary N) is 2. The number of anilines is 2. The molecule has 0 unspecified atom stereocenters. The molecular weight excluding hydrogens is 518 g/mol. The van der Waals surface area contributed by atoms with Crippen LogP contribution in [-0.2, 0) is 14.3 Å². The van der Waals surface area contributed by atoms with E-state index in [4.69, 9.17) is 14.8 Å². The summed E-state index contributed by atoms with van der Waals surface area (Å²) < 4.78 is 7.44. The quantitative estimate of drug-likeness (QED) is 0.399. The largest absolute Gasteiger partial charge is 0.381 e. The molecule has 2 amide bonds. The first-order valence-corrected chi connectivity index (χ1v) is 15.0. The Balaban J connectivity index is 0.000000424. The van der Waals surface area contributed by atoms with Crippen molar-refractivity contribution in [1.29, 1.82) is 0 Å². The summed E-state index contributed by atoms with van der Waals surface area (Å²) in [6.45, 7) is 13.8. The number of carbonyl (C=O) groups is 2. The Kier molecular flexibility index (Phi) is 11.0. The number of carbonyl (C=O) groups excluding carboxylic acids is 2. The summed E-state index contributed by atoms with van der Waals surface area (Å²) in [5.74, 6) is 2.47. The highest BCUT2D eigenvalue weighted by atomic mass is 16.5. The summed E-state index contributed by atoms with van der Waals surface area (Å²) in [6, 6.07) is 9.13. The molecule has 0 radical (unpaired) electrons. The maximum Gasteiger partial charge on any atom is 0.209 e. The number of hydrogen-bond donors (Lipinski definition) is 2. The van der Waals surface area contributed by atoms with Crippen molar-refractivity contribution in [1.82, 2.24) is 24.8 Å². The molecule has 41 heavy (non-hydrogen) atoms. The number of piperazine rings is 1. The third-order valence-corrected chi connectivity index (χ3v) is 7.86. The standard InChI is InChI=1S/C25H32N6O2.C4H7NO.C2H6/c1-18-3-4-21(13-19(18)2)22-16-27-31-23(26-15-20-5-11-33-12-6-20)14-24(28-25(22)31)30-9-7-29(17-32)8-10-30;6-3-5-4-1-2-4;1-2/h3-4,13-14,16-17,20,26H,5-12,15H2,1-2H3;3-4H,1-2H2,(H,5,6);1-2H3. The Bertz CT molecular complexity index is 1280. The number of hydrogen-bond acceptors (Lipinski definition) is 7. The van der Waals surface area contributed by atoms with Gasteiger partial charge in [0.25, 0.3) is 0 Å². The molecule has 1 aliphatic carbocycles. The molecule has 1 saturated carbocycles. The van der Waals surface area contributed by atoms with Crippen molar-refractivity contribution in [3.63, 3.8) is 0 Å². The zero-order valence-corrected chi connectivity index (χ0v) is 24.9. The second kappa shape index (κ2) is 14.8. The van der Waals surface area contributed by atoms with E-state index < -0.39 is 0 Å². The maximum atomic E-state index is 11.1. The predicted octanol–water partition coefficient (Wildman–Crippen LogP) is 4.05. The molecule has 10 nitrogen and oxygen atoms in total. The Labute approximate surface area is 243 Å². The average Bonchev–Trinajstić information content (AvgIpc) is 3.74. The van der Waals surface area contributed by atoms with Crippen LogP contribution in [0.3, 0.4) is 0 Å². The number of aryl methyl sites for hydroxylation is 2. The number of benzene rings is 1. The molecule has 222 valence electrons. The van der Waals surface area contributed by atoms with Crippen LogP contribution in [0.5, 0.6) is 0 Å². The molecule has 0 bridgehead atoms. The lowest BCUT2D eigenvalue weighted by Crippen LogP contribution is -2.46. The van der Waals surface area contributed by atoms with Crippen molar-refractivity contribution in [3.05, 3.63) is 41.6 Å². The van der Waals surface area contributed by atoms with Gasteiger partial charge in [0.05, 0.1) is 6.20 Å². The molecule has 0 spiro atoms. The van der Waals surface area contributed by atoms with Gasteiger partial charge in [0.15, 0.2) is 5.65 Å². The molecule has 2 saturated heterocycles. The fourth-order valence-electron chi connectivity index (χ4n) is 4.95. The zero-order valence-electron chi connectivity index (χ0n) is 24.9. The molecule has 3 aliphatic rings. The Morgan fingerprint density at radius 1 is 0.976 bits per heavy atom. The van der Waals surface area contributed by atoms with E-state index >= 15 is 0 Å². The average molecular weight is 564 g/mol. The zero-order chi connectivity index (χ0) is 29.2. The van der Waals surface area contributed by atoms with Gasteiger partial charge in [-0.1, -0.05) is 32.0 Å². The van der Waals surface area contributed by atoms with Gasteiger partial charge < -0.3 is 25.2 Å². The topological polar surface area (TPSA) is 104 Å². The minimum atomic E-state index is 0.530. The summed E-state index contributed by atoms with van der Waals surface area (Å²) in [7, 11) is 0. The van der Waals surface area contributed by atoms with Gasteiger partial charge in [0.1, 0.15) is 11.6 Å². The van der Waals surface area contributed by atoms with Gasteiger partial charge in [0, 0.05) is 63.6 Å². The molecule has 3 fully saturated rings. The van der Waals surface area contributed by atoms with Crippen molar-refractivity contribution >= 4 is 30.1 Å². The van der Waals surface area contributed by atoms with Crippen LogP contribution in [-0.4, -0.2) is 84.3 Å². The first-order chi connectivity index (χ1) is 20.1. The van der Waals surface area contributed by atoms with Gasteiger partial charge in [-0.05, 0) is 62.1 Å². The third-order valence-electron chi connectivity index (χ3n) is 7.86. The SMILES string of the molecule is CC.Cc1ccc(-c2cnn3c(NCC4CCOCC4)cc(N4CCN(C=O)CC4)nc23)cc1C.O=CNC1CC1. The second-order valence-electron chi connectivity index (χ2n) is 10.7. The lowest BCUT2D eigenvalue weighted by Gasteiger charge is -2.33. The lowest BCUT2D eigenvalue weighted by atomic mass is 10.0. The van der Waals surface area contributed by atoms with Crippen molar-refractivity contribution < 1.29 is 14.3 Å². The third kappa shape index (κ3) is 7.97. The van der Waals surface area contributed by atoms with Crippen molar-refractivity contribution in [2.24, 2.45) is 5.92 Å². The molecule has 2 aromatic heterocycles. The summed E-state index contributed by atoms with van der Waals surface area (Å²) in [5, 5.41) is 11.0. The molecule has 2 N–H and O–H groups in total. The number of ether oxygens (including phenoxy) is 1. The minimum Gasteiger partial charge on any atom is -0.381 e. The van der Waals surface area contributed by atoms with Gasteiger partial charge in [-0.2, -0.15) is 9.61 Å². The van der Waals surface area contributed by atoms with Crippen molar-refractivity contribution in [2.45, 2.75) is 59.4 Å². The van der Waals surface area contributed by atoms with Crippen LogP contribution in [0.15, 0.2) is 30.5 Å². The molecule has 6 rings (SSSR count). The Morgan fingerprint density at radius 3 is 2.32 bits per heavy atom. The van der Waals surface area contributed by atoms with Crippen LogP contribution < -0.4 is 15.5 Å². The van der Waals surface area contributed by atoms with Gasteiger partial charge in [-0.15, -0.1) is 0 Å². The van der Waals surface area contributed by atoms with E-state index in [9.17, 15) is 9.59 Å². The van der Waals surface area contributed by atoms with Crippen LogP contribution in [0.25, 0.3) is 16.8 Å². The van der Waals surface area contributed by atoms with Gasteiger partial charge >= 0.3 is 0 Å². The Morgan fingerprint density at radius 2 is 1.71 bits per heavy atom. The fraction of sp³-hybridized carbons (Fsp3) is 0.548.